The average Bonchev–Trinajstić information content (AvgIpc) is 2.05. The molecule has 4 nitrogen and oxygen atoms in total. The molecule has 2 fully saturated rings. The van der Waals surface area contributed by atoms with E-state index in [0.29, 0.717) is 0 Å². The van der Waals surface area contributed by atoms with Crippen molar-refractivity contribution in [3.8, 4) is 0 Å². The molecule has 44 valence electrons. The van der Waals surface area contributed by atoms with Crippen molar-refractivity contribution in [1.82, 2.24) is 0 Å². The molecule has 2 saturated heterocycles. The number of hydrogen-bond donors (Lipinski definition) is 1. The van der Waals surface area contributed by atoms with Crippen molar-refractivity contribution in [2.45, 2.75) is 5.28 Å². The van der Waals surface area contributed by atoms with Gasteiger partial charge in [0.1, 0.15) is 0 Å². The molecule has 8 heavy (non-hydrogen) atoms. The molecule has 0 aromatic carbocycles. The van der Waals surface area contributed by atoms with E-state index in [9.17, 15) is 9.36 Å². The Balaban J connectivity index is 2.48. The molecule has 2 aliphatic heterocycles. The first kappa shape index (κ1) is 4.53. The largest absolute Gasteiger partial charge is 0.408 e. The van der Waals surface area contributed by atoms with Gasteiger partial charge in [0.2, 0.25) is 5.28 Å². The molecule has 0 spiro atoms. The number of rotatable bonds is 0. The Hall–Kier alpha value is -0.340. The zero-order chi connectivity index (χ0) is 5.99. The minimum absolute atomic E-state index is 0.263. The zero-order valence-corrected chi connectivity index (χ0v) is 4.85. The fraction of sp³-hybridized carbons (Fsp3) is 0.667. The van der Waals surface area contributed by atoms with E-state index < -0.39 is 18.6 Å². The molecule has 2 aliphatic rings. The zero-order valence-electron chi connectivity index (χ0n) is 3.96. The molecule has 2 N–H and O–H groups in total. The number of nitrogens with two attached hydrogens (primary N) is 1. The highest BCUT2D eigenvalue weighted by Gasteiger charge is 2.81. The Kier molecular flexibility index (Phi) is 0.435. The van der Waals surface area contributed by atoms with Gasteiger partial charge in [-0.1, -0.05) is 0 Å². The molecule has 2 atom stereocenters. The van der Waals surface area contributed by atoms with Crippen LogP contribution in [-0.2, 0) is 13.9 Å². The van der Waals surface area contributed by atoms with Gasteiger partial charge >= 0.3 is 5.97 Å². The van der Waals surface area contributed by atoms with E-state index in [2.05, 4.69) is 4.52 Å². The van der Waals surface area contributed by atoms with Crippen LogP contribution in [-0.4, -0.2) is 17.4 Å². The Bertz CT molecular complexity index is 225. The summed E-state index contributed by atoms with van der Waals surface area (Å²) in [5.41, 5.74) is 5.24. The molecular formula is C3H4NO3P. The molecule has 5 heteroatoms. The molecule has 0 aromatic rings. The van der Waals surface area contributed by atoms with Crippen molar-refractivity contribution in [2.75, 3.05) is 6.16 Å². The average molecular weight is 133 g/mol. The third-order valence-electron chi connectivity index (χ3n) is 1.54. The van der Waals surface area contributed by atoms with E-state index in [1.807, 2.05) is 0 Å². The van der Waals surface area contributed by atoms with Crippen LogP contribution in [0.5, 0.6) is 0 Å². The molecule has 0 radical (unpaired) electrons. The SMILES string of the molecule is NC12CP1(=O)OC2=O. The molecular weight excluding hydrogens is 129 g/mol. The maximum absolute atomic E-state index is 10.7. The standard InChI is InChI=1S/C3H4NO3P/c4-3-1-8(3,6)7-2(3)5/h1,4H2. The van der Waals surface area contributed by atoms with Crippen LogP contribution < -0.4 is 5.73 Å². The van der Waals surface area contributed by atoms with Gasteiger partial charge in [-0.2, -0.15) is 0 Å². The summed E-state index contributed by atoms with van der Waals surface area (Å²) in [5, 5.41) is -1.02. The first-order chi connectivity index (χ1) is 3.58. The summed E-state index contributed by atoms with van der Waals surface area (Å²) in [6.45, 7) is 0. The number of fused-ring (bicyclic) bond motifs is 1. The summed E-state index contributed by atoms with van der Waals surface area (Å²) in [7, 11) is -2.54. The maximum atomic E-state index is 10.7. The molecule has 0 aliphatic carbocycles. The van der Waals surface area contributed by atoms with E-state index >= 15 is 0 Å². The second-order valence-electron chi connectivity index (χ2n) is 2.13. The van der Waals surface area contributed by atoms with Gasteiger partial charge < -0.3 is 10.3 Å². The van der Waals surface area contributed by atoms with Gasteiger partial charge in [-0.25, -0.2) is 4.79 Å². The second-order valence-corrected chi connectivity index (χ2v) is 4.78. The van der Waals surface area contributed by atoms with Gasteiger partial charge in [0.05, 0.1) is 6.16 Å². The fourth-order valence-electron chi connectivity index (χ4n) is 0.773. The van der Waals surface area contributed by atoms with E-state index in [0.717, 1.165) is 0 Å². The van der Waals surface area contributed by atoms with Crippen LogP contribution >= 0.6 is 7.37 Å². The summed E-state index contributed by atoms with van der Waals surface area (Å²) in [4.78, 5) is 10.3. The number of carbonyl (C=O) groups is 1. The Labute approximate surface area is 45.4 Å². The van der Waals surface area contributed by atoms with Crippen LogP contribution in [0.3, 0.4) is 0 Å². The minimum Gasteiger partial charge on any atom is -0.408 e. The van der Waals surface area contributed by atoms with Crippen molar-refractivity contribution in [2.24, 2.45) is 5.73 Å². The monoisotopic (exact) mass is 133 g/mol. The molecule has 0 aromatic heterocycles. The van der Waals surface area contributed by atoms with Gasteiger partial charge in [0.25, 0.3) is 7.37 Å². The van der Waals surface area contributed by atoms with Crippen molar-refractivity contribution in [1.29, 1.82) is 0 Å². The van der Waals surface area contributed by atoms with Crippen LogP contribution in [0.4, 0.5) is 0 Å². The lowest BCUT2D eigenvalue weighted by Gasteiger charge is -2.17. The topological polar surface area (TPSA) is 69.4 Å². The molecule has 0 amide bonds. The van der Waals surface area contributed by atoms with Gasteiger partial charge in [-0.15, -0.1) is 0 Å². The second kappa shape index (κ2) is 0.769. The molecule has 2 unspecified atom stereocenters. The highest BCUT2D eigenvalue weighted by molar-refractivity contribution is 7.73. The summed E-state index contributed by atoms with van der Waals surface area (Å²) >= 11 is 0. The molecule has 0 bridgehead atoms. The number of hydrogen-bond acceptors (Lipinski definition) is 4. The smallest absolute Gasteiger partial charge is 0.343 e. The van der Waals surface area contributed by atoms with Crippen LogP contribution in [0.25, 0.3) is 0 Å². The molecule has 0 saturated carbocycles. The lowest BCUT2D eigenvalue weighted by atomic mass is 10.4. The first-order valence-electron chi connectivity index (χ1n) is 2.21. The lowest BCUT2D eigenvalue weighted by Crippen LogP contribution is -2.40. The van der Waals surface area contributed by atoms with Crippen molar-refractivity contribution in [3.63, 3.8) is 0 Å². The van der Waals surface area contributed by atoms with Gasteiger partial charge in [0.15, 0.2) is 0 Å². The van der Waals surface area contributed by atoms with Crippen LogP contribution in [0.2, 0.25) is 0 Å². The highest BCUT2D eigenvalue weighted by atomic mass is 31.2. The van der Waals surface area contributed by atoms with Crippen molar-refractivity contribution in [3.05, 3.63) is 0 Å². The summed E-state index contributed by atoms with van der Waals surface area (Å²) in [6.07, 6.45) is 0.263. The Morgan fingerprint density at radius 1 is 1.88 bits per heavy atom. The predicted octanol–water partition coefficient (Wildman–Crippen LogP) is -0.510. The molecule has 2 rings (SSSR count). The van der Waals surface area contributed by atoms with E-state index in [1.54, 1.807) is 0 Å². The predicted molar refractivity (Wildman–Crippen MR) is 25.5 cm³/mol. The van der Waals surface area contributed by atoms with E-state index in [-0.39, 0.29) is 6.16 Å². The van der Waals surface area contributed by atoms with Crippen molar-refractivity contribution < 1.29 is 13.9 Å². The normalized spacial score (nSPS) is 58.4. The van der Waals surface area contributed by atoms with Crippen LogP contribution in [0.15, 0.2) is 0 Å². The third kappa shape index (κ3) is 0.220. The van der Waals surface area contributed by atoms with Gasteiger partial charge in [-0.05, 0) is 0 Å². The lowest BCUT2D eigenvalue weighted by molar-refractivity contribution is -0.138. The first-order valence-corrected chi connectivity index (χ1v) is 4.02. The van der Waals surface area contributed by atoms with Gasteiger partial charge in [-0.3, -0.25) is 4.57 Å². The number of carbonyl (C=O) groups excluding carboxylic acids is 1. The van der Waals surface area contributed by atoms with Gasteiger partial charge in [0, 0.05) is 0 Å². The van der Waals surface area contributed by atoms with E-state index in [4.69, 9.17) is 5.73 Å². The highest BCUT2D eigenvalue weighted by Crippen LogP contribution is 2.81. The maximum Gasteiger partial charge on any atom is 0.343 e. The summed E-state index contributed by atoms with van der Waals surface area (Å²) in [5.74, 6) is -0.499. The van der Waals surface area contributed by atoms with Crippen molar-refractivity contribution >= 4 is 13.3 Å². The van der Waals surface area contributed by atoms with Crippen LogP contribution in [0.1, 0.15) is 0 Å². The quantitative estimate of drug-likeness (QED) is 0.452. The third-order valence-corrected chi connectivity index (χ3v) is 4.09. The minimum atomic E-state index is -2.54. The molecule has 2 heterocycles. The van der Waals surface area contributed by atoms with Crippen LogP contribution in [0, 0.1) is 0 Å². The fourth-order valence-corrected chi connectivity index (χ4v) is 2.67. The summed E-state index contributed by atoms with van der Waals surface area (Å²) < 4.78 is 15.0. The Morgan fingerprint density at radius 2 is 2.50 bits per heavy atom. The Morgan fingerprint density at radius 3 is 2.50 bits per heavy atom. The van der Waals surface area contributed by atoms with E-state index in [1.165, 1.54) is 0 Å². The summed E-state index contributed by atoms with van der Waals surface area (Å²) in [6, 6.07) is 0.